The molecule has 0 fully saturated rings. The number of aliphatic carboxylic acids is 1. The van der Waals surface area contributed by atoms with Gasteiger partial charge in [-0.2, -0.15) is 11.8 Å². The van der Waals surface area contributed by atoms with Gasteiger partial charge in [0.1, 0.15) is 0 Å². The second-order valence-corrected chi connectivity index (χ2v) is 5.81. The van der Waals surface area contributed by atoms with E-state index in [-0.39, 0.29) is 12.5 Å². The Bertz CT molecular complexity index is 275. The van der Waals surface area contributed by atoms with Crippen LogP contribution in [0.1, 0.15) is 32.6 Å². The van der Waals surface area contributed by atoms with Crippen molar-refractivity contribution in [3.8, 4) is 0 Å². The molecule has 112 valence electrons. The Hall–Kier alpha value is -0.910. The molecule has 0 aromatic heterocycles. The lowest BCUT2D eigenvalue weighted by Crippen LogP contribution is -2.38. The van der Waals surface area contributed by atoms with Crippen LogP contribution in [-0.2, 0) is 4.79 Å². The zero-order chi connectivity index (χ0) is 14.7. The molecule has 19 heavy (non-hydrogen) atoms. The number of hydrogen-bond donors (Lipinski definition) is 2. The second-order valence-electron chi connectivity index (χ2n) is 4.83. The van der Waals surface area contributed by atoms with Crippen LogP contribution in [0.25, 0.3) is 0 Å². The molecule has 2 N–H and O–H groups in total. The van der Waals surface area contributed by atoms with Crippen LogP contribution in [0.15, 0.2) is 0 Å². The zero-order valence-corrected chi connectivity index (χ0v) is 13.0. The molecule has 0 aliphatic rings. The Morgan fingerprint density at radius 2 is 2.05 bits per heavy atom. The highest BCUT2D eigenvalue weighted by Crippen LogP contribution is 2.09. The third-order valence-corrected chi connectivity index (χ3v) is 3.65. The number of carboxylic acid groups (broad SMARTS) is 1. The molecular weight excluding hydrogens is 264 g/mol. The van der Waals surface area contributed by atoms with E-state index in [0.717, 1.165) is 25.1 Å². The lowest BCUT2D eigenvalue weighted by Gasteiger charge is -2.18. The number of nitrogens with zero attached hydrogens (tertiary/aromatic N) is 1. The van der Waals surface area contributed by atoms with E-state index in [2.05, 4.69) is 11.6 Å². The van der Waals surface area contributed by atoms with E-state index in [9.17, 15) is 9.59 Å². The number of thioether (sulfide) groups is 1. The molecule has 2 amide bonds. The molecule has 0 aliphatic carbocycles. The van der Waals surface area contributed by atoms with Gasteiger partial charge in [0.2, 0.25) is 0 Å². The summed E-state index contributed by atoms with van der Waals surface area (Å²) < 4.78 is 0. The molecule has 0 radical (unpaired) electrons. The Morgan fingerprint density at radius 1 is 1.37 bits per heavy atom. The summed E-state index contributed by atoms with van der Waals surface area (Å²) >= 11 is 1.78. The fourth-order valence-corrected chi connectivity index (χ4v) is 2.04. The van der Waals surface area contributed by atoms with E-state index in [1.54, 1.807) is 23.7 Å². The summed E-state index contributed by atoms with van der Waals surface area (Å²) in [4.78, 5) is 23.8. The number of carbonyl (C=O) groups excluding carboxylic acids is 1. The van der Waals surface area contributed by atoms with Gasteiger partial charge in [-0.05, 0) is 37.2 Å². The van der Waals surface area contributed by atoms with Crippen LogP contribution in [0.2, 0.25) is 0 Å². The monoisotopic (exact) mass is 290 g/mol. The maximum atomic E-state index is 11.7. The van der Waals surface area contributed by atoms with Gasteiger partial charge in [-0.3, -0.25) is 4.79 Å². The molecule has 0 aromatic carbocycles. The predicted molar refractivity (Wildman–Crippen MR) is 79.7 cm³/mol. The first-order valence-corrected chi connectivity index (χ1v) is 8.06. The standard InChI is InChI=1S/C13H26N2O3S/c1-11(5-6-12(16)17)7-8-14-13(18)15(2)9-4-10-19-3/h11H,4-10H2,1-3H3,(H,14,18)(H,16,17). The minimum atomic E-state index is -0.760. The highest BCUT2D eigenvalue weighted by atomic mass is 32.2. The number of nitrogens with one attached hydrogen (secondary N) is 1. The van der Waals surface area contributed by atoms with E-state index in [1.807, 2.05) is 6.92 Å². The number of urea groups is 1. The lowest BCUT2D eigenvalue weighted by atomic mass is 10.0. The van der Waals surface area contributed by atoms with Crippen LogP contribution >= 0.6 is 11.8 Å². The molecule has 0 spiro atoms. The van der Waals surface area contributed by atoms with E-state index in [4.69, 9.17) is 5.11 Å². The van der Waals surface area contributed by atoms with Crippen LogP contribution in [0, 0.1) is 5.92 Å². The van der Waals surface area contributed by atoms with E-state index in [1.165, 1.54) is 0 Å². The molecule has 0 aliphatic heterocycles. The van der Waals surface area contributed by atoms with E-state index in [0.29, 0.717) is 18.9 Å². The zero-order valence-electron chi connectivity index (χ0n) is 12.1. The second kappa shape index (κ2) is 11.0. The largest absolute Gasteiger partial charge is 0.481 e. The van der Waals surface area contributed by atoms with Crippen molar-refractivity contribution >= 4 is 23.8 Å². The van der Waals surface area contributed by atoms with E-state index < -0.39 is 5.97 Å². The SMILES string of the molecule is CSCCCN(C)C(=O)NCCC(C)CCC(=O)O. The Balaban J connectivity index is 3.63. The van der Waals surface area contributed by atoms with Gasteiger partial charge in [0.05, 0.1) is 0 Å². The highest BCUT2D eigenvalue weighted by Gasteiger charge is 2.09. The number of hydrogen-bond acceptors (Lipinski definition) is 3. The van der Waals surface area contributed by atoms with Crippen molar-refractivity contribution < 1.29 is 14.7 Å². The van der Waals surface area contributed by atoms with Crippen LogP contribution in [-0.4, -0.2) is 54.2 Å². The molecule has 0 bridgehead atoms. The molecule has 0 saturated heterocycles. The van der Waals surface area contributed by atoms with Crippen molar-refractivity contribution in [2.75, 3.05) is 32.1 Å². The summed E-state index contributed by atoms with van der Waals surface area (Å²) in [6.07, 6.45) is 4.73. The molecule has 5 nitrogen and oxygen atoms in total. The first-order valence-electron chi connectivity index (χ1n) is 6.67. The highest BCUT2D eigenvalue weighted by molar-refractivity contribution is 7.98. The van der Waals surface area contributed by atoms with Gasteiger partial charge < -0.3 is 15.3 Å². The van der Waals surface area contributed by atoms with Gasteiger partial charge in [0.15, 0.2) is 0 Å². The van der Waals surface area contributed by atoms with Crippen LogP contribution in [0.5, 0.6) is 0 Å². The topological polar surface area (TPSA) is 69.6 Å². The lowest BCUT2D eigenvalue weighted by molar-refractivity contribution is -0.137. The maximum Gasteiger partial charge on any atom is 0.317 e. The van der Waals surface area contributed by atoms with E-state index >= 15 is 0 Å². The normalized spacial score (nSPS) is 11.9. The average Bonchev–Trinajstić information content (AvgIpc) is 2.36. The van der Waals surface area contributed by atoms with Crippen molar-refractivity contribution in [3.63, 3.8) is 0 Å². The smallest absolute Gasteiger partial charge is 0.317 e. The fourth-order valence-electron chi connectivity index (χ4n) is 1.62. The van der Waals surface area contributed by atoms with Crippen molar-refractivity contribution in [2.24, 2.45) is 5.92 Å². The fraction of sp³-hybridized carbons (Fsp3) is 0.846. The summed E-state index contributed by atoms with van der Waals surface area (Å²) in [5.74, 6) is 0.617. The Labute approximate surface area is 120 Å². The van der Waals surface area contributed by atoms with Crippen LogP contribution < -0.4 is 5.32 Å². The quantitative estimate of drug-likeness (QED) is 0.606. The number of carbonyl (C=O) groups is 2. The molecule has 0 rings (SSSR count). The van der Waals surface area contributed by atoms with Crippen molar-refractivity contribution in [1.29, 1.82) is 0 Å². The molecule has 6 heteroatoms. The summed E-state index contributed by atoms with van der Waals surface area (Å²) in [6, 6.07) is -0.0495. The third kappa shape index (κ3) is 10.7. The van der Waals surface area contributed by atoms with Crippen LogP contribution in [0.3, 0.4) is 0 Å². The summed E-state index contributed by atoms with van der Waals surface area (Å²) in [7, 11) is 1.80. The van der Waals surface area contributed by atoms with Gasteiger partial charge in [-0.15, -0.1) is 0 Å². The first-order chi connectivity index (χ1) is 8.97. The third-order valence-electron chi connectivity index (χ3n) is 2.95. The van der Waals surface area contributed by atoms with Gasteiger partial charge in [0.25, 0.3) is 0 Å². The summed E-state index contributed by atoms with van der Waals surface area (Å²) in [6.45, 7) is 3.38. The van der Waals surface area contributed by atoms with Crippen molar-refractivity contribution in [3.05, 3.63) is 0 Å². The van der Waals surface area contributed by atoms with Gasteiger partial charge in [-0.1, -0.05) is 6.92 Å². The molecule has 0 saturated carbocycles. The molecule has 0 heterocycles. The maximum absolute atomic E-state index is 11.7. The van der Waals surface area contributed by atoms with Crippen LogP contribution in [0.4, 0.5) is 4.79 Å². The molecule has 1 unspecified atom stereocenters. The average molecular weight is 290 g/mol. The number of rotatable bonds is 10. The predicted octanol–water partition coefficient (Wildman–Crippen LogP) is 2.27. The molecule has 1 atom stereocenters. The minimum absolute atomic E-state index is 0.0495. The Kier molecular flexibility index (Phi) is 10.4. The number of carboxylic acids is 1. The van der Waals surface area contributed by atoms with Crippen molar-refractivity contribution in [2.45, 2.75) is 32.6 Å². The van der Waals surface area contributed by atoms with Gasteiger partial charge >= 0.3 is 12.0 Å². The molecule has 0 aromatic rings. The summed E-state index contributed by atoms with van der Waals surface area (Å²) in [5, 5.41) is 11.4. The number of amides is 2. The summed E-state index contributed by atoms with van der Waals surface area (Å²) in [5.41, 5.74) is 0. The van der Waals surface area contributed by atoms with Gasteiger partial charge in [0, 0.05) is 26.6 Å². The van der Waals surface area contributed by atoms with Gasteiger partial charge in [-0.25, -0.2) is 4.79 Å². The first kappa shape index (κ1) is 18.1. The van der Waals surface area contributed by atoms with Crippen molar-refractivity contribution in [1.82, 2.24) is 10.2 Å². The molecular formula is C13H26N2O3S. The Morgan fingerprint density at radius 3 is 2.63 bits per heavy atom. The minimum Gasteiger partial charge on any atom is -0.481 e.